The van der Waals surface area contributed by atoms with Gasteiger partial charge >= 0.3 is 12.1 Å². The number of amides is 1. The number of benzene rings is 1. The van der Waals surface area contributed by atoms with Crippen LogP contribution in [-0.2, 0) is 44.2 Å². The molecule has 11 nitrogen and oxygen atoms in total. The molecule has 2 aromatic heterocycles. The number of carbonyl (C=O) groups is 2. The number of pyridine rings is 2. The molecule has 270 valence electrons. The van der Waals surface area contributed by atoms with E-state index in [1.165, 1.54) is 6.07 Å². The number of hydrogen-bond donors (Lipinski definition) is 2. The van der Waals surface area contributed by atoms with E-state index < -0.39 is 35.6 Å². The lowest BCUT2D eigenvalue weighted by Crippen LogP contribution is -2.55. The summed E-state index contributed by atoms with van der Waals surface area (Å²) in [5.74, 6) is -1.40. The van der Waals surface area contributed by atoms with E-state index in [4.69, 9.17) is 19.2 Å². The van der Waals surface area contributed by atoms with E-state index in [1.807, 2.05) is 6.92 Å². The molecule has 2 unspecified atom stereocenters. The fraction of sp³-hybridized carbons (Fsp3) is 0.579. The summed E-state index contributed by atoms with van der Waals surface area (Å²) < 4.78 is 34.3. The smallest absolute Gasteiger partial charge is 0.408 e. The number of esters is 1. The minimum absolute atomic E-state index is 0.0250. The number of aromatic nitrogens is 2. The maximum Gasteiger partial charge on any atom is 0.408 e. The predicted molar refractivity (Wildman–Crippen MR) is 186 cm³/mol. The molecule has 3 aromatic rings. The number of alkyl carbamates (subject to hydrolysis) is 1. The Labute approximate surface area is 292 Å². The molecule has 12 heteroatoms. The number of aryl methyl sites for hydroxylation is 1. The molecule has 0 radical (unpaired) electrons. The van der Waals surface area contributed by atoms with Crippen LogP contribution in [-0.4, -0.2) is 62.6 Å². The molecule has 4 heterocycles. The Hall–Kier alpha value is -3.87. The van der Waals surface area contributed by atoms with Gasteiger partial charge in [0.05, 0.1) is 35.1 Å². The summed E-state index contributed by atoms with van der Waals surface area (Å²) in [6, 6.07) is 2.33. The Morgan fingerprint density at radius 1 is 1.18 bits per heavy atom. The largest absolute Gasteiger partial charge is 0.458 e. The zero-order chi connectivity index (χ0) is 36.4. The van der Waals surface area contributed by atoms with Crippen molar-refractivity contribution in [1.82, 2.24) is 19.8 Å². The Kier molecular flexibility index (Phi) is 9.37. The summed E-state index contributed by atoms with van der Waals surface area (Å²) in [5, 5.41) is 15.1. The molecular formula is C38H49FN4O7. The van der Waals surface area contributed by atoms with Gasteiger partial charge in [0.1, 0.15) is 18.0 Å². The number of aliphatic hydroxyl groups is 1. The average molecular weight is 693 g/mol. The van der Waals surface area contributed by atoms with Crippen LogP contribution in [0.4, 0.5) is 9.18 Å². The number of nitrogens with zero attached hydrogens (tertiary/aromatic N) is 3. The minimum atomic E-state index is -1.86. The summed E-state index contributed by atoms with van der Waals surface area (Å²) in [6.07, 6.45) is -0.849. The van der Waals surface area contributed by atoms with E-state index in [0.717, 1.165) is 48.0 Å². The number of aliphatic hydroxyl groups excluding tert-OH is 1. The number of carbonyl (C=O) groups excluding carboxylic acids is 2. The molecule has 1 aliphatic carbocycles. The molecule has 2 aliphatic heterocycles. The van der Waals surface area contributed by atoms with Gasteiger partial charge in [-0.2, -0.15) is 0 Å². The zero-order valence-corrected chi connectivity index (χ0v) is 30.5. The summed E-state index contributed by atoms with van der Waals surface area (Å²) in [6.45, 7) is 18.2. The second-order valence-electron chi connectivity index (χ2n) is 15.0. The van der Waals surface area contributed by atoms with Crippen molar-refractivity contribution in [3.63, 3.8) is 0 Å². The lowest BCUT2D eigenvalue weighted by atomic mass is 9.81. The summed E-state index contributed by atoms with van der Waals surface area (Å²) >= 11 is 0. The highest BCUT2D eigenvalue weighted by Gasteiger charge is 2.51. The summed E-state index contributed by atoms with van der Waals surface area (Å²) in [4.78, 5) is 48.3. The van der Waals surface area contributed by atoms with Crippen LogP contribution in [0.2, 0.25) is 0 Å². The van der Waals surface area contributed by atoms with E-state index in [1.54, 1.807) is 52.2 Å². The van der Waals surface area contributed by atoms with Crippen LogP contribution in [0, 0.1) is 18.7 Å². The van der Waals surface area contributed by atoms with E-state index in [9.17, 15) is 19.5 Å². The number of fused-ring (bicyclic) bond motifs is 5. The third-order valence-corrected chi connectivity index (χ3v) is 10.6. The lowest BCUT2D eigenvalue weighted by molar-refractivity contribution is -0.230. The van der Waals surface area contributed by atoms with Crippen molar-refractivity contribution in [2.75, 3.05) is 13.1 Å². The van der Waals surface area contributed by atoms with Crippen LogP contribution < -0.4 is 10.9 Å². The van der Waals surface area contributed by atoms with E-state index in [0.29, 0.717) is 22.5 Å². The van der Waals surface area contributed by atoms with Gasteiger partial charge in [0.15, 0.2) is 11.9 Å². The Morgan fingerprint density at radius 3 is 2.50 bits per heavy atom. The first-order valence-electron chi connectivity index (χ1n) is 17.7. The first kappa shape index (κ1) is 35.9. The van der Waals surface area contributed by atoms with Crippen molar-refractivity contribution in [2.24, 2.45) is 5.92 Å². The number of cyclic esters (lactones) is 1. The van der Waals surface area contributed by atoms with Crippen molar-refractivity contribution < 1.29 is 33.3 Å². The summed E-state index contributed by atoms with van der Waals surface area (Å²) in [7, 11) is 0. The van der Waals surface area contributed by atoms with E-state index >= 15 is 4.39 Å². The van der Waals surface area contributed by atoms with Crippen molar-refractivity contribution in [2.45, 2.75) is 124 Å². The standard InChI is InChI=1S/C38H49FN4O7/c1-10-38(49-34(45)31(19(4)5)41-36(47)50-37(7,8)9)24-15-28-32-22(17-43(28)33(44)23(24)18-48-35(38)46)30-27(42(11-2)12-3)14-13-21-20(6)25(39)16-26(40-32)29(21)30/h15-16,19,27,31,34,45H,10-14,17-18H2,1-9H3,(H,41,47)/t27?,31-,34?,38-/m0/s1. The zero-order valence-electron chi connectivity index (χ0n) is 30.5. The highest BCUT2D eigenvalue weighted by molar-refractivity contribution is 5.93. The van der Waals surface area contributed by atoms with Crippen LogP contribution in [0.3, 0.4) is 0 Å². The molecule has 6 rings (SSSR count). The van der Waals surface area contributed by atoms with Gasteiger partial charge in [-0.3, -0.25) is 9.69 Å². The normalized spacial score (nSPS) is 20.7. The highest BCUT2D eigenvalue weighted by atomic mass is 19.1. The second kappa shape index (κ2) is 13.0. The van der Waals surface area contributed by atoms with Gasteiger partial charge in [-0.15, -0.1) is 0 Å². The second-order valence-corrected chi connectivity index (χ2v) is 15.0. The summed E-state index contributed by atoms with van der Waals surface area (Å²) in [5.41, 5.74) is 2.72. The predicted octanol–water partition coefficient (Wildman–Crippen LogP) is 5.75. The third-order valence-electron chi connectivity index (χ3n) is 10.6. The fourth-order valence-corrected chi connectivity index (χ4v) is 8.03. The van der Waals surface area contributed by atoms with Crippen LogP contribution in [0.15, 0.2) is 16.9 Å². The van der Waals surface area contributed by atoms with Crippen molar-refractivity contribution >= 4 is 23.0 Å². The first-order chi connectivity index (χ1) is 23.6. The molecule has 0 bridgehead atoms. The average Bonchev–Trinajstić information content (AvgIpc) is 3.42. The number of nitrogens with one attached hydrogen (secondary N) is 1. The number of rotatable bonds is 9. The first-order valence-corrected chi connectivity index (χ1v) is 17.7. The van der Waals surface area contributed by atoms with Gasteiger partial charge in [0, 0.05) is 28.6 Å². The van der Waals surface area contributed by atoms with E-state index in [2.05, 4.69) is 24.1 Å². The highest BCUT2D eigenvalue weighted by Crippen LogP contribution is 2.48. The number of halogens is 1. The molecule has 1 aromatic carbocycles. The SMILES string of the molecule is CCN(CC)C1CCc2c(C)c(F)cc3nc4c(c1c23)Cn1c-4cc2c(c1=O)COC(=O)[C@@]2(CC)OC(O)[C@@H](NC(=O)OC(C)(C)C)C(C)C. The number of ether oxygens (including phenoxy) is 3. The molecule has 0 saturated carbocycles. The molecule has 0 saturated heterocycles. The van der Waals surface area contributed by atoms with Crippen molar-refractivity contribution in [1.29, 1.82) is 0 Å². The molecule has 3 aliphatic rings. The molecule has 4 atom stereocenters. The molecule has 1 amide bonds. The maximum absolute atomic E-state index is 15.3. The minimum Gasteiger partial charge on any atom is -0.458 e. The van der Waals surface area contributed by atoms with E-state index in [-0.39, 0.29) is 54.0 Å². The van der Waals surface area contributed by atoms with Crippen molar-refractivity contribution in [3.8, 4) is 11.4 Å². The molecule has 0 fully saturated rings. The van der Waals surface area contributed by atoms with Crippen LogP contribution >= 0.6 is 0 Å². The van der Waals surface area contributed by atoms with Gasteiger partial charge in [-0.1, -0.05) is 34.6 Å². The van der Waals surface area contributed by atoms with Crippen LogP contribution in [0.5, 0.6) is 0 Å². The van der Waals surface area contributed by atoms with Gasteiger partial charge in [-0.25, -0.2) is 19.0 Å². The fourth-order valence-electron chi connectivity index (χ4n) is 8.03. The van der Waals surface area contributed by atoms with Crippen LogP contribution in [0.25, 0.3) is 22.3 Å². The molecular weight excluding hydrogens is 643 g/mol. The quantitative estimate of drug-likeness (QED) is 0.166. The van der Waals surface area contributed by atoms with Crippen molar-refractivity contribution in [3.05, 3.63) is 61.7 Å². The van der Waals surface area contributed by atoms with Gasteiger partial charge in [0.25, 0.3) is 5.56 Å². The Balaban J connectivity index is 1.50. The topological polar surface area (TPSA) is 132 Å². The van der Waals surface area contributed by atoms with Gasteiger partial charge in [0.2, 0.25) is 0 Å². The van der Waals surface area contributed by atoms with Gasteiger partial charge < -0.3 is 29.2 Å². The monoisotopic (exact) mass is 692 g/mol. The molecule has 0 spiro atoms. The maximum atomic E-state index is 15.3. The molecule has 2 N–H and O–H groups in total. The van der Waals surface area contributed by atoms with Gasteiger partial charge in [-0.05, 0) is 88.7 Å². The molecule has 50 heavy (non-hydrogen) atoms. The Morgan fingerprint density at radius 2 is 1.88 bits per heavy atom. The third kappa shape index (κ3) is 5.78. The van der Waals surface area contributed by atoms with Crippen LogP contribution in [0.1, 0.15) is 108 Å². The Bertz CT molecular complexity index is 1930. The lowest BCUT2D eigenvalue weighted by Gasteiger charge is -2.39. The number of hydrogen-bond acceptors (Lipinski definition) is 9.